The van der Waals surface area contributed by atoms with Crippen molar-refractivity contribution >= 4 is 5.84 Å². The third kappa shape index (κ3) is 3.72. The summed E-state index contributed by atoms with van der Waals surface area (Å²) >= 11 is 0. The molecule has 0 bridgehead atoms. The Labute approximate surface area is 125 Å². The highest BCUT2D eigenvalue weighted by atomic mass is 16.5. The van der Waals surface area contributed by atoms with E-state index >= 15 is 0 Å². The van der Waals surface area contributed by atoms with Gasteiger partial charge in [-0.1, -0.05) is 35.5 Å². The van der Waals surface area contributed by atoms with Crippen molar-refractivity contribution in [2.45, 2.75) is 18.1 Å². The molecule has 21 heavy (non-hydrogen) atoms. The van der Waals surface area contributed by atoms with Gasteiger partial charge in [0.25, 0.3) is 0 Å². The highest BCUT2D eigenvalue weighted by Gasteiger charge is 2.34. The van der Waals surface area contributed by atoms with Crippen LogP contribution in [-0.4, -0.2) is 62.0 Å². The van der Waals surface area contributed by atoms with Crippen LogP contribution in [0.5, 0.6) is 0 Å². The highest BCUT2D eigenvalue weighted by molar-refractivity contribution is 5.87. The van der Waals surface area contributed by atoms with Crippen molar-refractivity contribution in [1.82, 2.24) is 4.90 Å². The Balaban J connectivity index is 2.10. The van der Waals surface area contributed by atoms with E-state index in [1.54, 1.807) is 14.2 Å². The van der Waals surface area contributed by atoms with Crippen LogP contribution in [-0.2, 0) is 9.47 Å². The lowest BCUT2D eigenvalue weighted by Crippen LogP contribution is -2.34. The lowest BCUT2D eigenvalue weighted by Gasteiger charge is -2.23. The van der Waals surface area contributed by atoms with E-state index < -0.39 is 0 Å². The number of methoxy groups -OCH3 is 2. The van der Waals surface area contributed by atoms with Gasteiger partial charge in [-0.2, -0.15) is 0 Å². The quantitative estimate of drug-likeness (QED) is 0.352. The maximum atomic E-state index is 9.03. The van der Waals surface area contributed by atoms with Crippen molar-refractivity contribution in [3.05, 3.63) is 35.9 Å². The number of likely N-dealkylation sites (tertiary alicyclic amines) is 1. The molecule has 0 aromatic heterocycles. The zero-order chi connectivity index (χ0) is 15.2. The highest BCUT2D eigenvalue weighted by Crippen LogP contribution is 2.22. The fourth-order valence-electron chi connectivity index (χ4n) is 2.80. The molecule has 1 aliphatic rings. The van der Waals surface area contributed by atoms with Gasteiger partial charge in [0.15, 0.2) is 0 Å². The Hall–Kier alpha value is -1.63. The van der Waals surface area contributed by atoms with Gasteiger partial charge in [-0.05, 0) is 5.56 Å². The lowest BCUT2D eigenvalue weighted by atomic mass is 9.97. The summed E-state index contributed by atoms with van der Waals surface area (Å²) in [6.07, 6.45) is 0.109. The number of nitrogens with two attached hydrogens (primary N) is 1. The zero-order valence-electron chi connectivity index (χ0n) is 12.5. The Morgan fingerprint density at radius 1 is 1.29 bits per heavy atom. The minimum absolute atomic E-state index is 0.0544. The number of nitrogens with zero attached hydrogens (tertiary/aromatic N) is 2. The van der Waals surface area contributed by atoms with E-state index in [1.165, 1.54) is 0 Å². The molecule has 3 N–H and O–H groups in total. The smallest absolute Gasteiger partial charge is 0.147 e. The van der Waals surface area contributed by atoms with Crippen molar-refractivity contribution in [3.63, 3.8) is 0 Å². The van der Waals surface area contributed by atoms with Gasteiger partial charge in [0.05, 0.1) is 18.1 Å². The molecule has 1 heterocycles. The Morgan fingerprint density at radius 3 is 2.33 bits per heavy atom. The van der Waals surface area contributed by atoms with Crippen LogP contribution in [0, 0.1) is 0 Å². The van der Waals surface area contributed by atoms with Crippen molar-refractivity contribution in [2.75, 3.05) is 33.9 Å². The van der Waals surface area contributed by atoms with Crippen LogP contribution in [0.4, 0.5) is 0 Å². The molecule has 1 saturated heterocycles. The molecule has 6 nitrogen and oxygen atoms in total. The molecule has 0 radical (unpaired) electrons. The summed E-state index contributed by atoms with van der Waals surface area (Å²) in [7, 11) is 3.39. The third-order valence-corrected chi connectivity index (χ3v) is 4.01. The monoisotopic (exact) mass is 293 g/mol. The van der Waals surface area contributed by atoms with E-state index in [9.17, 15) is 0 Å². The molecule has 116 valence electrons. The number of rotatable bonds is 6. The molecule has 1 aliphatic heterocycles. The van der Waals surface area contributed by atoms with Crippen LogP contribution >= 0.6 is 0 Å². The molecule has 1 aromatic rings. The normalized spacial score (nSPS) is 25.1. The number of oxime groups is 1. The topological polar surface area (TPSA) is 80.3 Å². The van der Waals surface area contributed by atoms with E-state index in [-0.39, 0.29) is 24.0 Å². The molecule has 0 aliphatic carbocycles. The van der Waals surface area contributed by atoms with Crippen LogP contribution < -0.4 is 5.73 Å². The van der Waals surface area contributed by atoms with Crippen molar-refractivity contribution in [2.24, 2.45) is 10.9 Å². The van der Waals surface area contributed by atoms with Crippen LogP contribution in [0.25, 0.3) is 0 Å². The van der Waals surface area contributed by atoms with Gasteiger partial charge in [-0.3, -0.25) is 4.90 Å². The Morgan fingerprint density at radius 2 is 1.86 bits per heavy atom. The van der Waals surface area contributed by atoms with Crippen LogP contribution in [0.2, 0.25) is 0 Å². The number of benzene rings is 1. The molecule has 0 spiro atoms. The first-order chi connectivity index (χ1) is 10.2. The second kappa shape index (κ2) is 7.40. The first-order valence-corrected chi connectivity index (χ1v) is 6.99. The number of amidine groups is 1. The molecular formula is C15H23N3O3. The summed E-state index contributed by atoms with van der Waals surface area (Å²) < 4.78 is 10.9. The first kappa shape index (κ1) is 15.8. The van der Waals surface area contributed by atoms with E-state index in [4.69, 9.17) is 20.4 Å². The van der Waals surface area contributed by atoms with E-state index in [2.05, 4.69) is 10.1 Å². The van der Waals surface area contributed by atoms with Crippen molar-refractivity contribution < 1.29 is 14.7 Å². The van der Waals surface area contributed by atoms with Gasteiger partial charge < -0.3 is 20.4 Å². The number of ether oxygens (including phenoxy) is 2. The summed E-state index contributed by atoms with van der Waals surface area (Å²) in [5, 5.41) is 12.2. The molecule has 1 fully saturated rings. The first-order valence-electron chi connectivity index (χ1n) is 6.99. The van der Waals surface area contributed by atoms with Crippen LogP contribution in [0.3, 0.4) is 0 Å². The van der Waals surface area contributed by atoms with E-state index in [0.717, 1.165) is 18.7 Å². The predicted octanol–water partition coefficient (Wildman–Crippen LogP) is 0.862. The maximum absolute atomic E-state index is 9.03. The van der Waals surface area contributed by atoms with Gasteiger partial charge in [0.2, 0.25) is 0 Å². The van der Waals surface area contributed by atoms with Gasteiger partial charge >= 0.3 is 0 Å². The molecule has 0 amide bonds. The molecule has 3 unspecified atom stereocenters. The number of hydrogen-bond donors (Lipinski definition) is 2. The minimum atomic E-state index is -0.149. The minimum Gasteiger partial charge on any atom is -0.409 e. The van der Waals surface area contributed by atoms with Gasteiger partial charge in [-0.15, -0.1) is 0 Å². The summed E-state index contributed by atoms with van der Waals surface area (Å²) in [5.41, 5.74) is 6.90. The number of hydrogen-bond acceptors (Lipinski definition) is 5. The van der Waals surface area contributed by atoms with Crippen molar-refractivity contribution in [3.8, 4) is 0 Å². The van der Waals surface area contributed by atoms with Crippen LogP contribution in [0.15, 0.2) is 35.5 Å². The van der Waals surface area contributed by atoms with Gasteiger partial charge in [0, 0.05) is 33.9 Å². The SMILES string of the molecule is COC1CN(CC(/C(N)=N/O)c2ccccc2)CC1OC. The molecule has 1 aromatic carbocycles. The summed E-state index contributed by atoms with van der Waals surface area (Å²) in [6.45, 7) is 2.22. The van der Waals surface area contributed by atoms with E-state index in [1.807, 2.05) is 30.3 Å². The Bertz CT molecular complexity index is 454. The van der Waals surface area contributed by atoms with Gasteiger partial charge in [0.1, 0.15) is 5.84 Å². The molecule has 0 saturated carbocycles. The van der Waals surface area contributed by atoms with Gasteiger partial charge in [-0.25, -0.2) is 0 Å². The maximum Gasteiger partial charge on any atom is 0.147 e. The largest absolute Gasteiger partial charge is 0.409 e. The van der Waals surface area contributed by atoms with Crippen molar-refractivity contribution in [1.29, 1.82) is 0 Å². The average Bonchev–Trinajstić information content (AvgIpc) is 2.94. The van der Waals surface area contributed by atoms with Crippen LogP contribution in [0.1, 0.15) is 11.5 Å². The average molecular weight is 293 g/mol. The fourth-order valence-corrected chi connectivity index (χ4v) is 2.80. The lowest BCUT2D eigenvalue weighted by molar-refractivity contribution is -0.00461. The standard InChI is InChI=1S/C15H23N3O3/c1-20-13-9-18(10-14(13)21-2)8-12(15(16)17-19)11-6-4-3-5-7-11/h3-7,12-14,19H,8-10H2,1-2H3,(H2,16,17). The molecule has 3 atom stereocenters. The predicted molar refractivity (Wildman–Crippen MR) is 80.6 cm³/mol. The summed E-state index contributed by atoms with van der Waals surface area (Å²) in [5.74, 6) is 0.0698. The molecule has 2 rings (SSSR count). The molecule has 6 heteroatoms. The second-order valence-corrected chi connectivity index (χ2v) is 5.25. The Kier molecular flexibility index (Phi) is 5.55. The van der Waals surface area contributed by atoms with E-state index in [0.29, 0.717) is 6.54 Å². The second-order valence-electron chi connectivity index (χ2n) is 5.25. The fraction of sp³-hybridized carbons (Fsp3) is 0.533. The molecular weight excluding hydrogens is 270 g/mol. The summed E-state index contributed by atoms with van der Waals surface area (Å²) in [4.78, 5) is 2.22. The third-order valence-electron chi connectivity index (χ3n) is 4.01. The summed E-state index contributed by atoms with van der Waals surface area (Å²) in [6, 6.07) is 9.82. The zero-order valence-corrected chi connectivity index (χ0v) is 12.5.